The Morgan fingerprint density at radius 3 is 2.67 bits per heavy atom. The summed E-state index contributed by atoms with van der Waals surface area (Å²) in [5.41, 5.74) is 5.40. The highest BCUT2D eigenvalue weighted by atomic mass is 16.2. The van der Waals surface area contributed by atoms with Crippen LogP contribution in [0.25, 0.3) is 0 Å². The molecule has 1 atom stereocenters. The van der Waals surface area contributed by atoms with Crippen molar-refractivity contribution in [2.24, 2.45) is 5.73 Å². The summed E-state index contributed by atoms with van der Waals surface area (Å²) in [6.45, 7) is 0.517. The summed E-state index contributed by atoms with van der Waals surface area (Å²) in [7, 11) is 0. The highest BCUT2D eigenvalue weighted by Crippen LogP contribution is 2.14. The maximum Gasteiger partial charge on any atom is 0.248 e. The zero-order chi connectivity index (χ0) is 8.55. The Bertz CT molecular complexity index is 300. The normalized spacial score (nSPS) is 22.2. The summed E-state index contributed by atoms with van der Waals surface area (Å²) in [6, 6.07) is 1.34. The summed E-state index contributed by atoms with van der Waals surface area (Å²) >= 11 is 0. The average Bonchev–Trinajstić information content (AvgIpc) is 2.15. The molecule has 1 aliphatic heterocycles. The summed E-state index contributed by atoms with van der Waals surface area (Å²) in [5, 5.41) is 0. The van der Waals surface area contributed by atoms with Crippen LogP contribution in [0.4, 0.5) is 5.95 Å². The van der Waals surface area contributed by atoms with Crippen LogP contribution in [0, 0.1) is 0 Å². The molecule has 0 radical (unpaired) electrons. The summed E-state index contributed by atoms with van der Waals surface area (Å²) in [6.07, 6.45) is 3.19. The number of hydrogen-bond donors (Lipinski definition) is 1. The summed E-state index contributed by atoms with van der Waals surface area (Å²) < 4.78 is 0. The van der Waals surface area contributed by atoms with Gasteiger partial charge in [0.25, 0.3) is 0 Å². The molecule has 1 fully saturated rings. The molecule has 12 heavy (non-hydrogen) atoms. The van der Waals surface area contributed by atoms with Gasteiger partial charge in [0, 0.05) is 12.4 Å². The minimum Gasteiger partial charge on any atom is -0.318 e. The van der Waals surface area contributed by atoms with Crippen molar-refractivity contribution in [3.05, 3.63) is 18.5 Å². The lowest BCUT2D eigenvalue weighted by Crippen LogP contribution is -2.61. The third-order valence-electron chi connectivity index (χ3n) is 1.76. The Morgan fingerprint density at radius 1 is 1.50 bits per heavy atom. The van der Waals surface area contributed by atoms with Gasteiger partial charge in [0.2, 0.25) is 11.9 Å². The van der Waals surface area contributed by atoms with E-state index in [-0.39, 0.29) is 11.9 Å². The van der Waals surface area contributed by atoms with Gasteiger partial charge in [0.05, 0.1) is 6.54 Å². The zero-order valence-electron chi connectivity index (χ0n) is 6.34. The van der Waals surface area contributed by atoms with E-state index in [0.29, 0.717) is 12.5 Å². The fourth-order valence-electron chi connectivity index (χ4n) is 1.06. The van der Waals surface area contributed by atoms with Gasteiger partial charge in [-0.2, -0.15) is 0 Å². The van der Waals surface area contributed by atoms with Crippen molar-refractivity contribution in [1.29, 1.82) is 0 Å². The SMILES string of the molecule is N[C@H]1CN(c2ncccn2)C1=O. The lowest BCUT2D eigenvalue weighted by Gasteiger charge is -2.33. The molecule has 1 aromatic heterocycles. The molecule has 0 aromatic carbocycles. The molecule has 62 valence electrons. The van der Waals surface area contributed by atoms with Crippen molar-refractivity contribution < 1.29 is 4.79 Å². The van der Waals surface area contributed by atoms with Gasteiger partial charge in [0.15, 0.2) is 0 Å². The first-order chi connectivity index (χ1) is 5.79. The number of anilines is 1. The number of aromatic nitrogens is 2. The zero-order valence-corrected chi connectivity index (χ0v) is 6.34. The average molecular weight is 164 g/mol. The number of rotatable bonds is 1. The van der Waals surface area contributed by atoms with Crippen molar-refractivity contribution in [2.75, 3.05) is 11.4 Å². The van der Waals surface area contributed by atoms with Crippen molar-refractivity contribution in [3.63, 3.8) is 0 Å². The molecule has 1 amide bonds. The summed E-state index contributed by atoms with van der Waals surface area (Å²) in [5.74, 6) is 0.324. The fraction of sp³-hybridized carbons (Fsp3) is 0.286. The van der Waals surface area contributed by atoms with E-state index in [0.717, 1.165) is 0 Å². The van der Waals surface area contributed by atoms with Crippen LogP contribution in [0.1, 0.15) is 0 Å². The molecule has 2 heterocycles. The number of nitrogens with zero attached hydrogens (tertiary/aromatic N) is 3. The van der Waals surface area contributed by atoms with E-state index >= 15 is 0 Å². The van der Waals surface area contributed by atoms with Gasteiger partial charge in [-0.1, -0.05) is 0 Å². The van der Waals surface area contributed by atoms with Gasteiger partial charge in [-0.25, -0.2) is 9.97 Å². The fourth-order valence-corrected chi connectivity index (χ4v) is 1.06. The molecular weight excluding hydrogens is 156 g/mol. The Hall–Kier alpha value is -1.49. The second kappa shape index (κ2) is 2.53. The van der Waals surface area contributed by atoms with E-state index in [2.05, 4.69) is 9.97 Å². The number of β-lactam (4-membered cyclic amide) rings is 1. The molecule has 5 heteroatoms. The lowest BCUT2D eigenvalue weighted by molar-refractivity contribution is -0.123. The molecule has 0 bridgehead atoms. The largest absolute Gasteiger partial charge is 0.318 e. The Labute approximate surface area is 69.2 Å². The van der Waals surface area contributed by atoms with Crippen LogP contribution in [-0.2, 0) is 4.79 Å². The number of amides is 1. The van der Waals surface area contributed by atoms with E-state index in [1.807, 2.05) is 0 Å². The first-order valence-corrected chi connectivity index (χ1v) is 3.63. The van der Waals surface area contributed by atoms with Crippen LogP contribution < -0.4 is 10.6 Å². The lowest BCUT2D eigenvalue weighted by atomic mass is 10.1. The van der Waals surface area contributed by atoms with Crippen molar-refractivity contribution in [1.82, 2.24) is 9.97 Å². The molecule has 1 aromatic rings. The molecule has 1 saturated heterocycles. The van der Waals surface area contributed by atoms with E-state index in [9.17, 15) is 4.79 Å². The van der Waals surface area contributed by atoms with Gasteiger partial charge in [-0.3, -0.25) is 9.69 Å². The van der Waals surface area contributed by atoms with Gasteiger partial charge in [-0.15, -0.1) is 0 Å². The van der Waals surface area contributed by atoms with Gasteiger partial charge < -0.3 is 5.73 Å². The molecule has 0 saturated carbocycles. The van der Waals surface area contributed by atoms with Gasteiger partial charge in [-0.05, 0) is 6.07 Å². The Balaban J connectivity index is 2.19. The third-order valence-corrected chi connectivity index (χ3v) is 1.76. The first-order valence-electron chi connectivity index (χ1n) is 3.63. The van der Waals surface area contributed by atoms with Crippen molar-refractivity contribution >= 4 is 11.9 Å². The second-order valence-corrected chi connectivity index (χ2v) is 2.60. The van der Waals surface area contributed by atoms with Crippen LogP contribution in [-0.4, -0.2) is 28.5 Å². The Morgan fingerprint density at radius 2 is 2.17 bits per heavy atom. The monoisotopic (exact) mass is 164 g/mol. The predicted octanol–water partition coefficient (Wildman–Crippen LogP) is -0.850. The van der Waals surface area contributed by atoms with Crippen LogP contribution in [0.2, 0.25) is 0 Å². The molecule has 5 nitrogen and oxygen atoms in total. The first kappa shape index (κ1) is 7.17. The van der Waals surface area contributed by atoms with Crippen LogP contribution in [0.15, 0.2) is 18.5 Å². The molecular formula is C7H8N4O. The molecule has 1 aliphatic rings. The standard InChI is InChI=1S/C7H8N4O/c8-5-4-11(6(5)12)7-9-2-1-3-10-7/h1-3,5H,4,8H2/t5-/m0/s1. The highest BCUT2D eigenvalue weighted by molar-refractivity contribution is 6.02. The molecule has 2 rings (SSSR count). The predicted molar refractivity (Wildman–Crippen MR) is 42.4 cm³/mol. The molecule has 0 unspecified atom stereocenters. The summed E-state index contributed by atoms with van der Waals surface area (Å²) in [4.78, 5) is 20.4. The van der Waals surface area contributed by atoms with Crippen molar-refractivity contribution in [2.45, 2.75) is 6.04 Å². The van der Waals surface area contributed by atoms with E-state index < -0.39 is 0 Å². The maximum atomic E-state index is 11.1. The van der Waals surface area contributed by atoms with E-state index in [1.165, 1.54) is 4.90 Å². The van der Waals surface area contributed by atoms with E-state index in [4.69, 9.17) is 5.73 Å². The molecule has 2 N–H and O–H groups in total. The van der Waals surface area contributed by atoms with E-state index in [1.54, 1.807) is 18.5 Å². The van der Waals surface area contributed by atoms with Crippen molar-refractivity contribution in [3.8, 4) is 0 Å². The minimum absolute atomic E-state index is 0.110. The highest BCUT2D eigenvalue weighted by Gasteiger charge is 2.35. The smallest absolute Gasteiger partial charge is 0.248 e. The van der Waals surface area contributed by atoms with Crippen LogP contribution >= 0.6 is 0 Å². The number of carbonyl (C=O) groups excluding carboxylic acids is 1. The second-order valence-electron chi connectivity index (χ2n) is 2.60. The minimum atomic E-state index is -0.367. The van der Waals surface area contributed by atoms with Gasteiger partial charge in [0.1, 0.15) is 6.04 Å². The molecule has 0 spiro atoms. The maximum absolute atomic E-state index is 11.1. The Kier molecular flexibility index (Phi) is 1.51. The quantitative estimate of drug-likeness (QED) is 0.549. The molecule has 0 aliphatic carbocycles. The van der Waals surface area contributed by atoms with Crippen LogP contribution in [0.5, 0.6) is 0 Å². The number of nitrogens with two attached hydrogens (primary N) is 1. The third kappa shape index (κ3) is 0.947. The number of hydrogen-bond acceptors (Lipinski definition) is 4. The number of carbonyl (C=O) groups is 1. The van der Waals surface area contributed by atoms with Gasteiger partial charge >= 0.3 is 0 Å². The van der Waals surface area contributed by atoms with Crippen LogP contribution in [0.3, 0.4) is 0 Å². The topological polar surface area (TPSA) is 72.1 Å².